The van der Waals surface area contributed by atoms with Crippen molar-refractivity contribution in [2.75, 3.05) is 40.5 Å². The van der Waals surface area contributed by atoms with Gasteiger partial charge >= 0.3 is 0 Å². The van der Waals surface area contributed by atoms with Crippen LogP contribution in [0.15, 0.2) is 12.3 Å². The highest BCUT2D eigenvalue weighted by molar-refractivity contribution is 5.42. The largest absolute Gasteiger partial charge is 0.495 e. The van der Waals surface area contributed by atoms with Crippen LogP contribution in [-0.2, 0) is 4.74 Å². The number of β-amino-alcohol motifs (C(OH)–C–C–N with tert-alkyl or cyclic N) is 1. The number of hydrogen-bond donors (Lipinski definition) is 2. The van der Waals surface area contributed by atoms with Crippen molar-refractivity contribution in [2.45, 2.75) is 25.1 Å². The number of aliphatic hydroxyl groups excluding tert-OH is 1. The van der Waals surface area contributed by atoms with E-state index in [9.17, 15) is 5.11 Å². The number of nitrogens with zero attached hydrogens (tertiary/aromatic N) is 3. The highest BCUT2D eigenvalue weighted by Crippen LogP contribution is 2.23. The number of hydrogen-bond acceptors (Lipinski definition) is 7. The summed E-state index contributed by atoms with van der Waals surface area (Å²) in [5.74, 6) is 0.429. The second kappa shape index (κ2) is 8.22. The summed E-state index contributed by atoms with van der Waals surface area (Å²) in [7, 11) is 3.40. The average molecular weight is 320 g/mol. The van der Waals surface area contributed by atoms with Gasteiger partial charge in [0.25, 0.3) is 0 Å². The van der Waals surface area contributed by atoms with Gasteiger partial charge in [0.15, 0.2) is 0 Å². The SMILES string of the molecule is CNCC1COCC(C)N1CC(O)c1cc(OC)c(C#N)cn1. The zero-order chi connectivity index (χ0) is 16.8. The van der Waals surface area contributed by atoms with Crippen LogP contribution in [0.2, 0.25) is 0 Å². The molecule has 126 valence electrons. The number of aromatic nitrogens is 1. The van der Waals surface area contributed by atoms with Gasteiger partial charge in [-0.3, -0.25) is 9.88 Å². The third-order valence-electron chi connectivity index (χ3n) is 4.10. The molecule has 1 aromatic rings. The van der Waals surface area contributed by atoms with Crippen LogP contribution in [0.25, 0.3) is 0 Å². The monoisotopic (exact) mass is 320 g/mol. The first-order valence-electron chi connectivity index (χ1n) is 7.70. The maximum atomic E-state index is 10.6. The molecule has 3 atom stereocenters. The minimum Gasteiger partial charge on any atom is -0.495 e. The molecule has 2 rings (SSSR count). The van der Waals surface area contributed by atoms with Gasteiger partial charge in [-0.05, 0) is 14.0 Å². The van der Waals surface area contributed by atoms with Crippen LogP contribution in [0.3, 0.4) is 0 Å². The Morgan fingerprint density at radius 3 is 3.04 bits per heavy atom. The summed E-state index contributed by atoms with van der Waals surface area (Å²) in [5.41, 5.74) is 0.860. The van der Waals surface area contributed by atoms with Gasteiger partial charge < -0.3 is 19.9 Å². The van der Waals surface area contributed by atoms with E-state index in [2.05, 4.69) is 22.1 Å². The van der Waals surface area contributed by atoms with Gasteiger partial charge in [-0.1, -0.05) is 0 Å². The lowest BCUT2D eigenvalue weighted by atomic mass is 10.1. The molecular formula is C16H24N4O3. The lowest BCUT2D eigenvalue weighted by Crippen LogP contribution is -2.55. The predicted octanol–water partition coefficient (Wildman–Crippen LogP) is 0.304. The molecule has 7 nitrogen and oxygen atoms in total. The van der Waals surface area contributed by atoms with Gasteiger partial charge in [0.05, 0.1) is 26.0 Å². The first kappa shape index (κ1) is 17.6. The molecule has 0 aliphatic carbocycles. The minimum atomic E-state index is -0.753. The highest BCUT2D eigenvalue weighted by Gasteiger charge is 2.30. The normalized spacial score (nSPS) is 23.3. The molecular weight excluding hydrogens is 296 g/mol. The van der Waals surface area contributed by atoms with Crippen molar-refractivity contribution in [3.05, 3.63) is 23.5 Å². The predicted molar refractivity (Wildman–Crippen MR) is 85.2 cm³/mol. The topological polar surface area (TPSA) is 90.6 Å². The molecule has 0 aromatic carbocycles. The molecule has 1 aliphatic rings. The van der Waals surface area contributed by atoms with Crippen molar-refractivity contribution in [2.24, 2.45) is 0 Å². The van der Waals surface area contributed by atoms with E-state index in [4.69, 9.17) is 14.7 Å². The molecule has 0 radical (unpaired) electrons. The number of ether oxygens (including phenoxy) is 2. The van der Waals surface area contributed by atoms with Crippen molar-refractivity contribution >= 4 is 0 Å². The summed E-state index contributed by atoms with van der Waals surface area (Å²) in [6.45, 7) is 4.63. The maximum Gasteiger partial charge on any atom is 0.140 e. The molecule has 2 N–H and O–H groups in total. The summed E-state index contributed by atoms with van der Waals surface area (Å²) in [6.07, 6.45) is 0.683. The summed E-state index contributed by atoms with van der Waals surface area (Å²) >= 11 is 0. The molecule has 0 saturated carbocycles. The average Bonchev–Trinajstić information content (AvgIpc) is 2.57. The molecule has 23 heavy (non-hydrogen) atoms. The van der Waals surface area contributed by atoms with Crippen LogP contribution >= 0.6 is 0 Å². The van der Waals surface area contributed by atoms with Crippen molar-refractivity contribution in [1.29, 1.82) is 5.26 Å². The first-order valence-corrected chi connectivity index (χ1v) is 7.70. The van der Waals surface area contributed by atoms with E-state index in [1.807, 2.05) is 13.1 Å². The van der Waals surface area contributed by atoms with Gasteiger partial charge in [-0.2, -0.15) is 5.26 Å². The zero-order valence-corrected chi connectivity index (χ0v) is 13.8. The number of methoxy groups -OCH3 is 1. The van der Waals surface area contributed by atoms with Gasteiger partial charge in [0, 0.05) is 37.4 Å². The van der Waals surface area contributed by atoms with E-state index >= 15 is 0 Å². The minimum absolute atomic E-state index is 0.207. The highest BCUT2D eigenvalue weighted by atomic mass is 16.5. The lowest BCUT2D eigenvalue weighted by Gasteiger charge is -2.41. The summed E-state index contributed by atoms with van der Waals surface area (Å²) in [4.78, 5) is 6.43. The molecule has 1 aliphatic heterocycles. The smallest absolute Gasteiger partial charge is 0.140 e. The standard InChI is InChI=1S/C16H24N4O3/c1-11-9-23-10-13(7-18-2)20(11)8-15(21)14-4-16(22-3)12(5-17)6-19-14/h4,6,11,13,15,18,21H,7-10H2,1-3H3. The van der Waals surface area contributed by atoms with E-state index < -0.39 is 6.10 Å². The number of rotatable bonds is 6. The fraction of sp³-hybridized carbons (Fsp3) is 0.625. The van der Waals surface area contributed by atoms with E-state index in [0.29, 0.717) is 36.8 Å². The Kier molecular flexibility index (Phi) is 6.30. The first-order chi connectivity index (χ1) is 11.1. The van der Waals surface area contributed by atoms with Gasteiger partial charge in [-0.15, -0.1) is 0 Å². The van der Waals surface area contributed by atoms with Crippen LogP contribution in [-0.4, -0.2) is 67.5 Å². The van der Waals surface area contributed by atoms with Crippen LogP contribution < -0.4 is 10.1 Å². The number of likely N-dealkylation sites (N-methyl/N-ethyl adjacent to an activating group) is 1. The number of morpholine rings is 1. The molecule has 1 fully saturated rings. The van der Waals surface area contributed by atoms with Crippen LogP contribution in [0.5, 0.6) is 5.75 Å². The van der Waals surface area contributed by atoms with Crippen molar-refractivity contribution < 1.29 is 14.6 Å². The number of pyridine rings is 1. The quantitative estimate of drug-likeness (QED) is 0.779. The molecule has 2 heterocycles. The lowest BCUT2D eigenvalue weighted by molar-refractivity contribution is -0.0589. The Labute approximate surface area is 136 Å². The number of nitrogens with one attached hydrogen (secondary N) is 1. The molecule has 0 spiro atoms. The number of nitriles is 1. The summed E-state index contributed by atoms with van der Waals surface area (Å²) < 4.78 is 10.8. The van der Waals surface area contributed by atoms with E-state index in [1.54, 1.807) is 6.07 Å². The Bertz CT molecular complexity index is 559. The van der Waals surface area contributed by atoms with Crippen LogP contribution in [0.1, 0.15) is 24.3 Å². The second-order valence-corrected chi connectivity index (χ2v) is 5.73. The molecule has 7 heteroatoms. The molecule has 0 amide bonds. The van der Waals surface area contributed by atoms with Crippen molar-refractivity contribution in [3.8, 4) is 11.8 Å². The fourth-order valence-corrected chi connectivity index (χ4v) is 2.85. The number of aliphatic hydroxyl groups is 1. The van der Waals surface area contributed by atoms with E-state index in [0.717, 1.165) is 6.54 Å². The van der Waals surface area contributed by atoms with Crippen molar-refractivity contribution in [1.82, 2.24) is 15.2 Å². The van der Waals surface area contributed by atoms with Gasteiger partial charge in [0.2, 0.25) is 0 Å². The molecule has 0 bridgehead atoms. The third-order valence-corrected chi connectivity index (χ3v) is 4.10. The third kappa shape index (κ3) is 4.18. The van der Waals surface area contributed by atoms with Crippen molar-refractivity contribution in [3.63, 3.8) is 0 Å². The zero-order valence-electron chi connectivity index (χ0n) is 13.8. The Balaban J connectivity index is 2.13. The Morgan fingerprint density at radius 1 is 1.61 bits per heavy atom. The summed E-state index contributed by atoms with van der Waals surface area (Å²) in [6, 6.07) is 4.07. The fourth-order valence-electron chi connectivity index (χ4n) is 2.85. The summed E-state index contributed by atoms with van der Waals surface area (Å²) in [5, 5.41) is 22.7. The Morgan fingerprint density at radius 2 is 2.39 bits per heavy atom. The van der Waals surface area contributed by atoms with E-state index in [-0.39, 0.29) is 12.1 Å². The van der Waals surface area contributed by atoms with Gasteiger partial charge in [0.1, 0.15) is 23.5 Å². The molecule has 1 saturated heterocycles. The molecule has 1 aromatic heterocycles. The second-order valence-electron chi connectivity index (χ2n) is 5.73. The van der Waals surface area contributed by atoms with Crippen LogP contribution in [0.4, 0.5) is 0 Å². The molecule has 3 unspecified atom stereocenters. The van der Waals surface area contributed by atoms with Gasteiger partial charge in [-0.25, -0.2) is 0 Å². The van der Waals surface area contributed by atoms with E-state index in [1.165, 1.54) is 13.3 Å². The Hall–Kier alpha value is -1.72. The van der Waals surface area contributed by atoms with Crippen LogP contribution in [0, 0.1) is 11.3 Å². The maximum absolute atomic E-state index is 10.6.